The number of methoxy groups -OCH3 is 3. The van der Waals surface area contributed by atoms with E-state index in [1.807, 2.05) is 96.8 Å². The number of aryl methyl sites for hydroxylation is 1. The lowest BCUT2D eigenvalue weighted by molar-refractivity contribution is 0.208. The van der Waals surface area contributed by atoms with Crippen LogP contribution < -0.4 is 50.3 Å². The van der Waals surface area contributed by atoms with Gasteiger partial charge in [0.05, 0.1) is 34.0 Å². The first-order chi connectivity index (χ1) is 60.2. The number of thioether (sulfide) groups is 5. The van der Waals surface area contributed by atoms with Gasteiger partial charge in [0.2, 0.25) is 0 Å². The van der Waals surface area contributed by atoms with Gasteiger partial charge in [0.1, 0.15) is 57.9 Å². The summed E-state index contributed by atoms with van der Waals surface area (Å²) in [6.07, 6.45) is 16.3. The molecule has 10 aromatic rings. The van der Waals surface area contributed by atoms with Crippen molar-refractivity contribution in [1.82, 2.24) is 26.6 Å². The topological polar surface area (TPSA) is 168 Å². The van der Waals surface area contributed by atoms with Crippen molar-refractivity contribution in [2.45, 2.75) is 131 Å². The molecular formula is C98H105Br5N10O5S5. The van der Waals surface area contributed by atoms with E-state index < -0.39 is 0 Å². The summed E-state index contributed by atoms with van der Waals surface area (Å²) in [5.41, 5.74) is 13.9. The van der Waals surface area contributed by atoms with Crippen LogP contribution in [0.2, 0.25) is 0 Å². The van der Waals surface area contributed by atoms with Crippen molar-refractivity contribution in [3.05, 3.63) is 289 Å². The monoisotopic (exact) mass is 2060 g/mol. The molecule has 1 aliphatic carbocycles. The molecule has 0 atom stereocenters. The minimum Gasteiger partial charge on any atom is -0.496 e. The predicted molar refractivity (Wildman–Crippen MR) is 537 cm³/mol. The lowest BCUT2D eigenvalue weighted by atomic mass is 10.1. The second kappa shape index (κ2) is 50.6. The number of benzene rings is 10. The number of aliphatic imine (C=N–C) groups is 5. The van der Waals surface area contributed by atoms with Crippen LogP contribution in [0.5, 0.6) is 28.7 Å². The Hall–Kier alpha value is -7.74. The Morgan fingerprint density at radius 1 is 0.350 bits per heavy atom. The van der Waals surface area contributed by atoms with Gasteiger partial charge in [0, 0.05) is 202 Å². The van der Waals surface area contributed by atoms with E-state index in [1.54, 1.807) is 44.9 Å². The molecule has 0 saturated heterocycles. The van der Waals surface area contributed by atoms with E-state index in [0.717, 1.165) is 229 Å². The number of nitrogens with one attached hydrogen (secondary N) is 5. The molecule has 0 unspecified atom stereocenters. The van der Waals surface area contributed by atoms with E-state index in [0.29, 0.717) is 12.7 Å². The predicted octanol–water partition coefficient (Wildman–Crippen LogP) is 24.4. The third kappa shape index (κ3) is 28.9. The van der Waals surface area contributed by atoms with Gasteiger partial charge in [0.25, 0.3) is 0 Å². The number of hydrogen-bond acceptors (Lipinski definition) is 20. The van der Waals surface area contributed by atoms with E-state index >= 15 is 0 Å². The summed E-state index contributed by atoms with van der Waals surface area (Å²) in [6, 6.07) is 69.0. The first-order valence-electron chi connectivity index (χ1n) is 41.6. The number of rotatable bonds is 27. The lowest BCUT2D eigenvalue weighted by Crippen LogP contribution is -2.30. The van der Waals surface area contributed by atoms with Crippen LogP contribution in [-0.2, 0) is 28.8 Å². The van der Waals surface area contributed by atoms with Crippen molar-refractivity contribution in [2.75, 3.05) is 93.4 Å². The van der Waals surface area contributed by atoms with Gasteiger partial charge in [0.15, 0.2) is 0 Å². The van der Waals surface area contributed by atoms with Crippen LogP contribution in [0.1, 0.15) is 131 Å². The highest BCUT2D eigenvalue weighted by atomic mass is 79.9. The Balaban J connectivity index is 0.000000140. The number of halogens is 5. The zero-order chi connectivity index (χ0) is 85.9. The highest BCUT2D eigenvalue weighted by Gasteiger charge is 2.23. The molecule has 642 valence electrons. The first-order valence-corrected chi connectivity index (χ1v) is 50.5. The molecule has 5 N–H and O–H groups in total. The quantitative estimate of drug-likeness (QED) is 0.0243. The molecule has 1 fully saturated rings. The molecule has 123 heavy (non-hydrogen) atoms. The summed E-state index contributed by atoms with van der Waals surface area (Å²) < 4.78 is 33.9. The minimum absolute atomic E-state index is 0.378. The summed E-state index contributed by atoms with van der Waals surface area (Å²) in [5.74, 6) is 16.7. The second-order valence-electron chi connectivity index (χ2n) is 29.2. The van der Waals surface area contributed by atoms with Gasteiger partial charge in [-0.05, 0) is 211 Å². The minimum atomic E-state index is 0.378. The normalized spacial score (nSPS) is 14.7. The van der Waals surface area contributed by atoms with Gasteiger partial charge in [-0.2, -0.15) is 0 Å². The van der Waals surface area contributed by atoms with Crippen molar-refractivity contribution in [1.29, 1.82) is 0 Å². The number of terminal acetylenes is 1. The summed E-state index contributed by atoms with van der Waals surface area (Å²) in [6.45, 7) is 14.3. The van der Waals surface area contributed by atoms with Crippen LogP contribution in [0, 0.1) is 19.3 Å². The second-order valence-corrected chi connectivity index (χ2v) is 38.8. The Bertz CT molecular complexity index is 5260. The van der Waals surface area contributed by atoms with E-state index in [9.17, 15) is 0 Å². The van der Waals surface area contributed by atoms with Gasteiger partial charge in [-0.3, -0.25) is 25.0 Å². The van der Waals surface area contributed by atoms with Crippen molar-refractivity contribution in [3.63, 3.8) is 0 Å². The molecule has 10 aromatic carbocycles. The van der Waals surface area contributed by atoms with E-state index in [-0.39, 0.29) is 0 Å². The van der Waals surface area contributed by atoms with Crippen LogP contribution >= 0.6 is 138 Å². The molecule has 1 saturated carbocycles. The van der Waals surface area contributed by atoms with Gasteiger partial charge in [-0.25, -0.2) is 0 Å². The third-order valence-corrected chi connectivity index (χ3v) is 28.4. The van der Waals surface area contributed by atoms with Crippen LogP contribution in [-0.4, -0.2) is 129 Å². The molecule has 0 spiro atoms. The van der Waals surface area contributed by atoms with Crippen LogP contribution in [0.15, 0.2) is 272 Å². The number of amidine groups is 5. The average molecular weight is 2060 g/mol. The number of hydrogen-bond donors (Lipinski definition) is 5. The van der Waals surface area contributed by atoms with Crippen molar-refractivity contribution >= 4 is 168 Å². The fourth-order valence-electron chi connectivity index (χ4n) is 14.1. The van der Waals surface area contributed by atoms with Gasteiger partial charge >= 0.3 is 0 Å². The Labute approximate surface area is 790 Å². The molecule has 16 rings (SSSR count). The van der Waals surface area contributed by atoms with E-state index in [1.165, 1.54) is 94.7 Å². The maximum Gasteiger partial charge on any atom is 0.129 e. The van der Waals surface area contributed by atoms with Gasteiger partial charge in [-0.15, -0.1) is 65.2 Å². The molecule has 25 heteroatoms. The fraction of sp³-hybridized carbons (Fsp3) is 0.316. The lowest BCUT2D eigenvalue weighted by Gasteiger charge is -2.19. The smallest absolute Gasteiger partial charge is 0.129 e. The Morgan fingerprint density at radius 3 is 1.03 bits per heavy atom. The summed E-state index contributed by atoms with van der Waals surface area (Å²) in [5, 5.41) is 17.1. The highest BCUT2D eigenvalue weighted by Crippen LogP contribution is 2.40. The van der Waals surface area contributed by atoms with Gasteiger partial charge < -0.3 is 50.3 Å². The van der Waals surface area contributed by atoms with Crippen molar-refractivity contribution in [2.24, 2.45) is 25.0 Å². The largest absolute Gasteiger partial charge is 0.496 e. The molecule has 0 amide bonds. The standard InChI is InChI=1S/C22H25BrN2OS.C20H20N2OS.2C19H21BrN2OS.C18H18Br2N2OS/c23-17-10-11-20(26-18-6-1-2-7-18)16(14-17)15-27-21-9-4-3-8-19(21)22-24-12-5-13-25-22;1-3-15-9-10-18(23-2)16(13-15)14-24-19-8-5-4-7-17(19)20-21-11-6-12-22-20;1-13-4-7-18(16(10-13)19-21-8-3-9-22-19)24-12-14-11-15(20)5-6-17(14)23-2;1-2-23-17-9-8-15(20)12-14(17)13-24-18-7-4-3-6-16(18)19-21-10-5-11-22-19;1-23-16-5-3-13(19)9-12(16)11-24-17-6-4-14(20)10-15(17)18-21-7-2-8-22-18/h3-4,8-11,14,18H,1-2,5-7,12-13,15H2,(H,24,25);1,4-5,7-10,13H,6,11-12,14H2,2H3,(H,21,22);4-7,10-11H,3,8-9,12H2,1-2H3,(H,21,22);3-4,6-9,12H,2,5,10-11,13H2,1H3,(H,21,22);3-6,9-10H,2,7-8,11H2,1H3,(H,21,22). The molecule has 5 heterocycles. The van der Waals surface area contributed by atoms with Crippen molar-refractivity contribution in [3.8, 4) is 41.1 Å². The van der Waals surface area contributed by atoms with E-state index in [4.69, 9.17) is 30.1 Å². The first kappa shape index (κ1) is 94.4. The maximum absolute atomic E-state index is 6.33. The molecule has 0 radical (unpaired) electrons. The van der Waals surface area contributed by atoms with E-state index in [2.05, 4.69) is 290 Å². The van der Waals surface area contributed by atoms with Crippen LogP contribution in [0.3, 0.4) is 0 Å². The molecule has 0 aromatic heterocycles. The summed E-state index contributed by atoms with van der Waals surface area (Å²) in [4.78, 5) is 29.4. The molecular weight excluding hydrogens is 1960 g/mol. The Morgan fingerprint density at radius 2 is 0.659 bits per heavy atom. The third-order valence-electron chi connectivity index (χ3n) is 20.3. The summed E-state index contributed by atoms with van der Waals surface area (Å²) in [7, 11) is 5.12. The molecule has 6 aliphatic rings. The highest BCUT2D eigenvalue weighted by molar-refractivity contribution is 9.11. The Kier molecular flexibility index (Phi) is 38.8. The fourth-order valence-corrected chi connectivity index (χ4v) is 21.2. The van der Waals surface area contributed by atoms with Crippen LogP contribution in [0.25, 0.3) is 0 Å². The molecule has 0 bridgehead atoms. The van der Waals surface area contributed by atoms with Crippen molar-refractivity contribution < 1.29 is 23.7 Å². The molecule has 15 nitrogen and oxygen atoms in total. The SMILES string of the molecule is Brc1ccc(OC2CCCC2)c(CSc2ccccc2C2=NCCCN2)c1.C#Cc1ccc(OC)c(CSc2ccccc2C2=NCCCN2)c1.CCOc1ccc(Br)cc1CSc1ccccc1C1=NCCCN1.COc1ccc(Br)cc1CSc1ccc(Br)cc1C1=NCCCN1.COc1ccc(Br)cc1CSc1ccc(C)cc1C1=NCCCN1. The maximum atomic E-state index is 6.33. The van der Waals surface area contributed by atoms with Crippen LogP contribution in [0.4, 0.5) is 0 Å². The molecule has 5 aliphatic heterocycles. The number of ether oxygens (including phenoxy) is 5. The van der Waals surface area contributed by atoms with Gasteiger partial charge in [-0.1, -0.05) is 152 Å². The number of nitrogens with zero attached hydrogens (tertiary/aromatic N) is 5. The average Bonchev–Trinajstić information content (AvgIpc) is 1.60. The zero-order valence-electron chi connectivity index (χ0n) is 70.1. The summed E-state index contributed by atoms with van der Waals surface area (Å²) >= 11 is 26.9. The zero-order valence-corrected chi connectivity index (χ0v) is 82.1.